The number of hydrogen-bond acceptors (Lipinski definition) is 2. The summed E-state index contributed by atoms with van der Waals surface area (Å²) in [5.74, 6) is 0.992. The Morgan fingerprint density at radius 3 is 2.11 bits per heavy atom. The van der Waals surface area contributed by atoms with Gasteiger partial charge in [-0.2, -0.15) is 0 Å². The molecule has 0 spiro atoms. The van der Waals surface area contributed by atoms with E-state index in [1.54, 1.807) is 6.26 Å². The van der Waals surface area contributed by atoms with Crippen LogP contribution in [0.5, 0.6) is 0 Å². The second-order valence-corrected chi connectivity index (χ2v) is 6.06. The average Bonchev–Trinajstić information content (AvgIpc) is 2.76. The van der Waals surface area contributed by atoms with Crippen LogP contribution in [0.3, 0.4) is 0 Å². The molecule has 0 saturated carbocycles. The van der Waals surface area contributed by atoms with Gasteiger partial charge >= 0.3 is 0 Å². The highest BCUT2D eigenvalue weighted by Gasteiger charge is 2.19. The van der Waals surface area contributed by atoms with Crippen molar-refractivity contribution >= 4 is 0 Å². The smallest absolute Gasteiger partial charge is 0.128 e. The Bertz CT molecular complexity index is 531. The number of nitrogens with one attached hydrogen (secondary N) is 1. The Morgan fingerprint density at radius 1 is 1.05 bits per heavy atom. The molecule has 1 N–H and O–H groups in total. The minimum Gasteiger partial charge on any atom is -0.467 e. The van der Waals surface area contributed by atoms with Gasteiger partial charge in [0.15, 0.2) is 0 Å². The van der Waals surface area contributed by atoms with E-state index < -0.39 is 0 Å². The van der Waals surface area contributed by atoms with Crippen LogP contribution in [-0.4, -0.2) is 7.05 Å². The molecule has 0 aliphatic heterocycles. The molecule has 0 saturated heterocycles. The van der Waals surface area contributed by atoms with Crippen molar-refractivity contribution in [2.45, 2.75) is 39.2 Å². The first-order valence-electron chi connectivity index (χ1n) is 6.75. The number of rotatable bonds is 3. The Labute approximate surface area is 115 Å². The van der Waals surface area contributed by atoms with Gasteiger partial charge in [-0.3, -0.25) is 0 Å². The molecule has 1 unspecified atom stereocenters. The minimum absolute atomic E-state index is 0.115. The van der Waals surface area contributed by atoms with Crippen molar-refractivity contribution in [1.82, 2.24) is 5.32 Å². The molecule has 2 rings (SSSR count). The molecule has 19 heavy (non-hydrogen) atoms. The van der Waals surface area contributed by atoms with Crippen molar-refractivity contribution in [2.24, 2.45) is 0 Å². The van der Waals surface area contributed by atoms with Crippen molar-refractivity contribution < 1.29 is 4.42 Å². The Kier molecular flexibility index (Phi) is 3.81. The average molecular weight is 257 g/mol. The Balaban J connectivity index is 2.33. The summed E-state index contributed by atoms with van der Waals surface area (Å²) >= 11 is 0. The van der Waals surface area contributed by atoms with Gasteiger partial charge in [-0.05, 0) is 42.1 Å². The lowest BCUT2D eigenvalue weighted by Gasteiger charge is -2.21. The van der Waals surface area contributed by atoms with Crippen LogP contribution < -0.4 is 5.32 Å². The van der Waals surface area contributed by atoms with Gasteiger partial charge in [0.2, 0.25) is 0 Å². The molecule has 0 bridgehead atoms. The summed E-state index contributed by atoms with van der Waals surface area (Å²) in [6.07, 6.45) is 1.75. The second kappa shape index (κ2) is 5.22. The Hall–Kier alpha value is -1.54. The quantitative estimate of drug-likeness (QED) is 0.891. The standard InChI is InChI=1S/C17H23NO/c1-12-10-11-19-16(12)15(18-5)13-6-8-14(9-7-13)17(2,3)4/h6-11,15,18H,1-5H3. The van der Waals surface area contributed by atoms with Crippen molar-refractivity contribution in [3.8, 4) is 0 Å². The molecule has 0 radical (unpaired) electrons. The van der Waals surface area contributed by atoms with Gasteiger partial charge < -0.3 is 9.73 Å². The highest BCUT2D eigenvalue weighted by Crippen LogP contribution is 2.28. The number of hydrogen-bond donors (Lipinski definition) is 1. The molecule has 0 fully saturated rings. The molecular formula is C17H23NO. The molecule has 0 aliphatic carbocycles. The fraction of sp³-hybridized carbons (Fsp3) is 0.412. The highest BCUT2D eigenvalue weighted by molar-refractivity contribution is 5.34. The van der Waals surface area contributed by atoms with Crippen molar-refractivity contribution in [3.05, 3.63) is 59.0 Å². The summed E-state index contributed by atoms with van der Waals surface area (Å²) in [5.41, 5.74) is 3.95. The van der Waals surface area contributed by atoms with Gasteiger partial charge in [-0.25, -0.2) is 0 Å². The number of benzene rings is 1. The molecule has 1 aromatic heterocycles. The molecule has 0 amide bonds. The summed E-state index contributed by atoms with van der Waals surface area (Å²) in [6.45, 7) is 8.77. The summed E-state index contributed by atoms with van der Waals surface area (Å²) in [7, 11) is 1.96. The van der Waals surface area contributed by atoms with Crippen LogP contribution in [0.2, 0.25) is 0 Å². The molecule has 102 valence electrons. The van der Waals surface area contributed by atoms with Crippen molar-refractivity contribution in [1.29, 1.82) is 0 Å². The van der Waals surface area contributed by atoms with Gasteiger partial charge in [0, 0.05) is 0 Å². The van der Waals surface area contributed by atoms with Crippen LogP contribution in [0.25, 0.3) is 0 Å². The molecule has 0 aliphatic rings. The molecule has 1 aromatic carbocycles. The first kappa shape index (κ1) is 13.9. The zero-order valence-corrected chi connectivity index (χ0v) is 12.4. The van der Waals surface area contributed by atoms with Crippen LogP contribution in [0, 0.1) is 6.92 Å². The van der Waals surface area contributed by atoms with E-state index in [0.717, 1.165) is 5.76 Å². The summed E-state index contributed by atoms with van der Waals surface area (Å²) in [4.78, 5) is 0. The predicted octanol–water partition coefficient (Wildman–Crippen LogP) is 4.19. The summed E-state index contributed by atoms with van der Waals surface area (Å²) < 4.78 is 5.61. The lowest BCUT2D eigenvalue weighted by atomic mass is 9.86. The van der Waals surface area contributed by atoms with Crippen molar-refractivity contribution in [3.63, 3.8) is 0 Å². The van der Waals surface area contributed by atoms with E-state index >= 15 is 0 Å². The van der Waals surface area contributed by atoms with Crippen LogP contribution in [0.1, 0.15) is 49.3 Å². The van der Waals surface area contributed by atoms with E-state index in [0.29, 0.717) is 0 Å². The molecule has 2 aromatic rings. The van der Waals surface area contributed by atoms with E-state index in [4.69, 9.17) is 4.42 Å². The molecule has 1 heterocycles. The highest BCUT2D eigenvalue weighted by atomic mass is 16.3. The largest absolute Gasteiger partial charge is 0.467 e. The van der Waals surface area contributed by atoms with Crippen molar-refractivity contribution in [2.75, 3.05) is 7.05 Å². The first-order valence-corrected chi connectivity index (χ1v) is 6.75. The first-order chi connectivity index (χ1) is 8.93. The van der Waals surface area contributed by atoms with Crippen LogP contribution in [-0.2, 0) is 5.41 Å². The summed E-state index contributed by atoms with van der Waals surface area (Å²) in [5, 5.41) is 3.33. The SMILES string of the molecule is CNC(c1ccc(C(C)(C)C)cc1)c1occc1C. The molecule has 2 nitrogen and oxygen atoms in total. The second-order valence-electron chi connectivity index (χ2n) is 6.06. The van der Waals surface area contributed by atoms with E-state index in [9.17, 15) is 0 Å². The van der Waals surface area contributed by atoms with Gasteiger partial charge in [-0.1, -0.05) is 45.0 Å². The maximum atomic E-state index is 5.61. The maximum Gasteiger partial charge on any atom is 0.128 e. The topological polar surface area (TPSA) is 25.2 Å². The van der Waals surface area contributed by atoms with Crippen LogP contribution in [0.4, 0.5) is 0 Å². The van der Waals surface area contributed by atoms with Gasteiger partial charge in [0.1, 0.15) is 5.76 Å². The maximum absolute atomic E-state index is 5.61. The normalized spacial score (nSPS) is 13.5. The van der Waals surface area contributed by atoms with E-state index in [1.807, 2.05) is 13.1 Å². The fourth-order valence-corrected chi connectivity index (χ4v) is 2.30. The lowest BCUT2D eigenvalue weighted by molar-refractivity contribution is 0.460. The molecular weight excluding hydrogens is 234 g/mol. The molecule has 2 heteroatoms. The number of aryl methyl sites for hydroxylation is 1. The third-order valence-electron chi connectivity index (χ3n) is 3.56. The van der Waals surface area contributed by atoms with Crippen LogP contribution >= 0.6 is 0 Å². The Morgan fingerprint density at radius 2 is 1.68 bits per heavy atom. The predicted molar refractivity (Wildman–Crippen MR) is 79.5 cm³/mol. The summed E-state index contributed by atoms with van der Waals surface area (Å²) in [6, 6.07) is 10.9. The van der Waals surface area contributed by atoms with E-state index in [1.165, 1.54) is 16.7 Å². The zero-order chi connectivity index (χ0) is 14.0. The number of furan rings is 1. The van der Waals surface area contributed by atoms with Gasteiger partial charge in [-0.15, -0.1) is 0 Å². The monoisotopic (exact) mass is 257 g/mol. The minimum atomic E-state index is 0.115. The van der Waals surface area contributed by atoms with Gasteiger partial charge in [0.25, 0.3) is 0 Å². The van der Waals surface area contributed by atoms with Crippen LogP contribution in [0.15, 0.2) is 41.0 Å². The molecule has 1 atom stereocenters. The van der Waals surface area contributed by atoms with E-state index in [2.05, 4.69) is 57.3 Å². The lowest BCUT2D eigenvalue weighted by Crippen LogP contribution is -2.18. The van der Waals surface area contributed by atoms with E-state index in [-0.39, 0.29) is 11.5 Å². The third-order valence-corrected chi connectivity index (χ3v) is 3.56. The zero-order valence-electron chi connectivity index (χ0n) is 12.4. The van der Waals surface area contributed by atoms with Gasteiger partial charge in [0.05, 0.1) is 12.3 Å². The fourth-order valence-electron chi connectivity index (χ4n) is 2.30. The third kappa shape index (κ3) is 2.90.